The first-order valence-corrected chi connectivity index (χ1v) is 10.1. The number of nitrogens with two attached hydrogens (primary N) is 1. The molecule has 1 aromatic rings. The molecule has 2 saturated heterocycles. The van der Waals surface area contributed by atoms with Gasteiger partial charge in [-0.15, -0.1) is 0 Å². The maximum atomic E-state index is 11.9. The monoisotopic (exact) mass is 389 g/mol. The molecule has 0 aromatic carbocycles. The molecule has 28 heavy (non-hydrogen) atoms. The summed E-state index contributed by atoms with van der Waals surface area (Å²) in [4.78, 5) is 33.7. The minimum atomic E-state index is -0.804. The Kier molecular flexibility index (Phi) is 6.39. The van der Waals surface area contributed by atoms with E-state index >= 15 is 0 Å². The van der Waals surface area contributed by atoms with E-state index in [0.717, 1.165) is 51.3 Å². The minimum absolute atomic E-state index is 0.0368. The molecule has 0 spiro atoms. The highest BCUT2D eigenvalue weighted by molar-refractivity contribution is 5.92. The Balaban J connectivity index is 1.67. The molecule has 3 heterocycles. The largest absolute Gasteiger partial charge is 0.465 e. The molecule has 0 bridgehead atoms. The van der Waals surface area contributed by atoms with Crippen molar-refractivity contribution in [3.8, 4) is 0 Å². The molecule has 2 aliphatic rings. The van der Waals surface area contributed by atoms with Crippen LogP contribution < -0.4 is 10.6 Å². The lowest BCUT2D eigenvalue weighted by Gasteiger charge is -2.41. The van der Waals surface area contributed by atoms with Gasteiger partial charge in [-0.3, -0.25) is 9.69 Å². The van der Waals surface area contributed by atoms with E-state index in [2.05, 4.69) is 28.6 Å². The number of nitrogens with zero attached hydrogens (tertiary/aromatic N) is 4. The Hall–Kier alpha value is -2.35. The summed E-state index contributed by atoms with van der Waals surface area (Å²) in [7, 11) is 0. The lowest BCUT2D eigenvalue weighted by Crippen LogP contribution is -2.51. The molecule has 2 fully saturated rings. The highest BCUT2D eigenvalue weighted by Crippen LogP contribution is 2.29. The Morgan fingerprint density at radius 1 is 1.18 bits per heavy atom. The normalized spacial score (nSPS) is 22.3. The highest BCUT2D eigenvalue weighted by atomic mass is 16.4. The Bertz CT molecular complexity index is 686. The van der Waals surface area contributed by atoms with Gasteiger partial charge in [-0.2, -0.15) is 0 Å². The molecular weight excluding hydrogens is 358 g/mol. The molecule has 1 atom stereocenters. The number of carbonyl (C=O) groups is 2. The van der Waals surface area contributed by atoms with Crippen molar-refractivity contribution >= 4 is 17.8 Å². The fraction of sp³-hybridized carbons (Fsp3) is 0.650. The van der Waals surface area contributed by atoms with Crippen molar-refractivity contribution in [3.63, 3.8) is 0 Å². The maximum Gasteiger partial charge on any atom is 0.407 e. The molecule has 8 heteroatoms. The molecule has 8 nitrogen and oxygen atoms in total. The number of primary amides is 1. The van der Waals surface area contributed by atoms with E-state index in [9.17, 15) is 14.7 Å². The fourth-order valence-electron chi connectivity index (χ4n) is 4.38. The number of carbonyl (C=O) groups excluding carboxylic acids is 1. The molecule has 0 aliphatic carbocycles. The number of amides is 2. The lowest BCUT2D eigenvalue weighted by molar-refractivity contribution is 0.0868. The van der Waals surface area contributed by atoms with Crippen LogP contribution in [0.25, 0.3) is 0 Å². The molecule has 3 N–H and O–H groups in total. The van der Waals surface area contributed by atoms with E-state index in [-0.39, 0.29) is 6.04 Å². The van der Waals surface area contributed by atoms with E-state index in [4.69, 9.17) is 5.73 Å². The average molecular weight is 390 g/mol. The Morgan fingerprint density at radius 3 is 2.43 bits per heavy atom. The summed E-state index contributed by atoms with van der Waals surface area (Å²) in [5.41, 5.74) is 5.68. The van der Waals surface area contributed by atoms with Crippen LogP contribution in [0.5, 0.6) is 0 Å². The molecule has 1 aromatic heterocycles. The highest BCUT2D eigenvalue weighted by Gasteiger charge is 2.36. The molecule has 1 unspecified atom stereocenters. The van der Waals surface area contributed by atoms with Crippen LogP contribution in [0.4, 0.5) is 10.6 Å². The summed E-state index contributed by atoms with van der Waals surface area (Å²) in [5, 5.41) is 9.74. The zero-order chi connectivity index (χ0) is 20.3. The van der Waals surface area contributed by atoms with Crippen LogP contribution in [-0.2, 0) is 0 Å². The van der Waals surface area contributed by atoms with Gasteiger partial charge in [0.25, 0.3) is 0 Å². The fourth-order valence-corrected chi connectivity index (χ4v) is 4.38. The van der Waals surface area contributed by atoms with Crippen molar-refractivity contribution in [2.24, 2.45) is 11.7 Å². The predicted octanol–water partition coefficient (Wildman–Crippen LogP) is 1.86. The third-order valence-electron chi connectivity index (χ3n) is 6.08. The van der Waals surface area contributed by atoms with Crippen LogP contribution in [0.3, 0.4) is 0 Å². The molecule has 2 amide bonds. The van der Waals surface area contributed by atoms with Gasteiger partial charge in [0.15, 0.2) is 0 Å². The van der Waals surface area contributed by atoms with Crippen molar-refractivity contribution in [3.05, 3.63) is 23.9 Å². The average Bonchev–Trinajstić information content (AvgIpc) is 2.91. The summed E-state index contributed by atoms with van der Waals surface area (Å²) in [6, 6.07) is 3.99. The number of carboxylic acid groups (broad SMARTS) is 1. The van der Waals surface area contributed by atoms with Crippen molar-refractivity contribution in [2.75, 3.05) is 37.6 Å². The number of pyridine rings is 1. The quantitative estimate of drug-likeness (QED) is 0.815. The number of hydrogen-bond donors (Lipinski definition) is 2. The first-order chi connectivity index (χ1) is 13.4. The first kappa shape index (κ1) is 20.4. The number of aromatic nitrogens is 1. The van der Waals surface area contributed by atoms with Gasteiger partial charge >= 0.3 is 6.09 Å². The van der Waals surface area contributed by atoms with Crippen LogP contribution >= 0.6 is 0 Å². The molecule has 3 rings (SSSR count). The zero-order valence-electron chi connectivity index (χ0n) is 16.8. The van der Waals surface area contributed by atoms with Crippen LogP contribution in [0.2, 0.25) is 0 Å². The topological polar surface area (TPSA) is 103 Å². The third kappa shape index (κ3) is 4.55. The summed E-state index contributed by atoms with van der Waals surface area (Å²) >= 11 is 0. The van der Waals surface area contributed by atoms with E-state index in [1.165, 1.54) is 6.20 Å². The van der Waals surface area contributed by atoms with E-state index in [1.807, 2.05) is 6.07 Å². The standard InChI is InChI=1S/C20H31N5O3/c1-14(2)24-8-3-9-25(20(27)28)17(13-24)15-6-10-23(11-7-15)18-5-4-16(12-22-18)19(21)26/h4-5,12,14-15,17H,3,6-11,13H2,1-2H3,(H2,21,26)(H,27,28). The van der Waals surface area contributed by atoms with Crippen LogP contribution in [0.15, 0.2) is 18.3 Å². The number of hydrogen-bond acceptors (Lipinski definition) is 5. The molecule has 0 radical (unpaired) electrons. The second-order valence-electron chi connectivity index (χ2n) is 8.08. The van der Waals surface area contributed by atoms with Gasteiger partial charge in [0, 0.05) is 45.0 Å². The lowest BCUT2D eigenvalue weighted by atomic mass is 9.88. The first-order valence-electron chi connectivity index (χ1n) is 10.1. The van der Waals surface area contributed by atoms with Crippen LogP contribution in [0.1, 0.15) is 43.5 Å². The number of anilines is 1. The van der Waals surface area contributed by atoms with Gasteiger partial charge in [-0.05, 0) is 51.2 Å². The molecule has 0 saturated carbocycles. The number of piperidine rings is 1. The summed E-state index contributed by atoms with van der Waals surface area (Å²) in [5.74, 6) is 0.703. The van der Waals surface area contributed by atoms with E-state index in [1.54, 1.807) is 11.0 Å². The number of rotatable bonds is 4. The smallest absolute Gasteiger partial charge is 0.407 e. The van der Waals surface area contributed by atoms with Crippen molar-refractivity contribution in [1.82, 2.24) is 14.8 Å². The van der Waals surface area contributed by atoms with Gasteiger partial charge < -0.3 is 20.6 Å². The van der Waals surface area contributed by atoms with Crippen LogP contribution in [0, 0.1) is 5.92 Å². The molecule has 2 aliphatic heterocycles. The van der Waals surface area contributed by atoms with Gasteiger partial charge in [0.05, 0.1) is 11.6 Å². The van der Waals surface area contributed by atoms with E-state index < -0.39 is 12.0 Å². The summed E-state index contributed by atoms with van der Waals surface area (Å²) < 4.78 is 0. The van der Waals surface area contributed by atoms with Crippen LogP contribution in [-0.4, -0.2) is 76.7 Å². The Labute approximate surface area is 166 Å². The molecular formula is C20H31N5O3. The minimum Gasteiger partial charge on any atom is -0.465 e. The van der Waals surface area contributed by atoms with Gasteiger partial charge in [-0.25, -0.2) is 9.78 Å². The summed E-state index contributed by atoms with van der Waals surface area (Å²) in [6.45, 7) is 8.39. The predicted molar refractivity (Wildman–Crippen MR) is 108 cm³/mol. The van der Waals surface area contributed by atoms with Crippen molar-refractivity contribution in [2.45, 2.75) is 45.2 Å². The summed E-state index contributed by atoms with van der Waals surface area (Å²) in [6.07, 6.45) is 3.46. The third-order valence-corrected chi connectivity index (χ3v) is 6.08. The van der Waals surface area contributed by atoms with Crippen molar-refractivity contribution in [1.29, 1.82) is 0 Å². The SMILES string of the molecule is CC(C)N1CCCN(C(=O)O)C(C2CCN(c3ccc(C(N)=O)cn3)CC2)C1. The van der Waals surface area contributed by atoms with Gasteiger partial charge in [0.2, 0.25) is 5.91 Å². The Morgan fingerprint density at radius 2 is 1.89 bits per heavy atom. The zero-order valence-corrected chi connectivity index (χ0v) is 16.8. The maximum absolute atomic E-state index is 11.9. The second-order valence-corrected chi connectivity index (χ2v) is 8.08. The second kappa shape index (κ2) is 8.77. The van der Waals surface area contributed by atoms with E-state index in [0.29, 0.717) is 24.1 Å². The van der Waals surface area contributed by atoms with Crippen molar-refractivity contribution < 1.29 is 14.7 Å². The van der Waals surface area contributed by atoms with Gasteiger partial charge in [-0.1, -0.05) is 0 Å². The molecule has 154 valence electrons. The van der Waals surface area contributed by atoms with Gasteiger partial charge in [0.1, 0.15) is 5.82 Å².